The minimum absolute atomic E-state index is 0.0479. The second kappa shape index (κ2) is 15.3. The highest BCUT2D eigenvalue weighted by Crippen LogP contribution is 2.53. The van der Waals surface area contributed by atoms with Gasteiger partial charge in [0.25, 0.3) is 0 Å². The maximum absolute atomic E-state index is 11.5. The number of nitrogens with zero attached hydrogens (tertiary/aromatic N) is 7. The van der Waals surface area contributed by atoms with E-state index in [9.17, 15) is 5.26 Å². The molecule has 1 unspecified atom stereocenters. The molecule has 0 amide bonds. The van der Waals surface area contributed by atoms with Gasteiger partial charge in [0.15, 0.2) is 23.1 Å². The lowest BCUT2D eigenvalue weighted by atomic mass is 9.99. The van der Waals surface area contributed by atoms with Crippen molar-refractivity contribution < 1.29 is 4.74 Å². The van der Waals surface area contributed by atoms with Crippen molar-refractivity contribution in [1.29, 1.82) is 5.26 Å². The molecule has 4 aliphatic rings. The van der Waals surface area contributed by atoms with Crippen LogP contribution in [-0.4, -0.2) is 24.1 Å². The number of fused-ring (bicyclic) bond motifs is 9. The number of nitriles is 1. The van der Waals surface area contributed by atoms with Crippen molar-refractivity contribution in [3.63, 3.8) is 0 Å². The topological polar surface area (TPSA) is 84.8 Å². The predicted molar refractivity (Wildman–Crippen MR) is 266 cm³/mol. The average Bonchev–Trinajstić information content (AvgIpc) is 3.91. The average molecular weight is 852 g/mol. The van der Waals surface area contributed by atoms with Crippen LogP contribution in [0, 0.1) is 11.3 Å². The van der Waals surface area contributed by atoms with Gasteiger partial charge in [0, 0.05) is 44.6 Å². The van der Waals surface area contributed by atoms with Crippen LogP contribution in [-0.2, 0) is 6.42 Å². The van der Waals surface area contributed by atoms with E-state index in [1.807, 2.05) is 72.8 Å². The van der Waals surface area contributed by atoms with Gasteiger partial charge in [0.05, 0.1) is 44.9 Å². The van der Waals surface area contributed by atoms with Gasteiger partial charge in [0.1, 0.15) is 11.9 Å². The van der Waals surface area contributed by atoms with E-state index in [1.54, 1.807) is 0 Å². The maximum atomic E-state index is 11.5. The highest BCUT2D eigenvalue weighted by molar-refractivity contribution is 6.20. The molecule has 13 rings (SSSR count). The van der Waals surface area contributed by atoms with E-state index in [0.29, 0.717) is 28.6 Å². The Morgan fingerprint density at radius 3 is 2.14 bits per heavy atom. The van der Waals surface area contributed by atoms with Crippen LogP contribution in [0.25, 0.3) is 72.9 Å². The van der Waals surface area contributed by atoms with Gasteiger partial charge >= 0.3 is 0 Å². The highest BCUT2D eigenvalue weighted by atomic mass is 16.5. The summed E-state index contributed by atoms with van der Waals surface area (Å²) in [6.45, 7) is 0. The van der Waals surface area contributed by atoms with Gasteiger partial charge < -0.3 is 18.8 Å². The molecule has 4 heterocycles. The van der Waals surface area contributed by atoms with Gasteiger partial charge in [0.2, 0.25) is 0 Å². The fourth-order valence-corrected chi connectivity index (χ4v) is 10.4. The third kappa shape index (κ3) is 5.94. The number of benzene rings is 6. The Hall–Kier alpha value is -8.54. The SMILES string of the molecule is N#Cc1cc(-c2nc(-c3ccccc3)nc(C3C=CC=CC3)n2)c(N2c3ccccc3Oc3ccccc32)cc1-n1c2ccccc2c2ccc3c4c(n(C5=CCCC=C5)c3c21)C=CCC4. The van der Waals surface area contributed by atoms with Crippen LogP contribution >= 0.6 is 0 Å². The summed E-state index contributed by atoms with van der Waals surface area (Å²) in [6, 6.07) is 46.4. The van der Waals surface area contributed by atoms with E-state index < -0.39 is 0 Å². The lowest BCUT2D eigenvalue weighted by Crippen LogP contribution is -2.18. The Kier molecular flexibility index (Phi) is 8.81. The highest BCUT2D eigenvalue weighted by Gasteiger charge is 2.32. The normalized spacial score (nSPS) is 16.0. The molecule has 1 aliphatic heterocycles. The molecule has 1 atom stereocenters. The number of ether oxygens (including phenoxy) is 1. The molecular weight excluding hydrogens is 811 g/mol. The fraction of sp³-hybridized carbons (Fsp3) is 0.103. The van der Waals surface area contributed by atoms with Crippen LogP contribution < -0.4 is 9.64 Å². The third-order valence-electron chi connectivity index (χ3n) is 13.4. The molecule has 0 N–H and O–H groups in total. The van der Waals surface area contributed by atoms with Crippen LogP contribution in [0.5, 0.6) is 11.5 Å². The van der Waals surface area contributed by atoms with Crippen molar-refractivity contribution in [2.75, 3.05) is 4.90 Å². The first-order valence-corrected chi connectivity index (χ1v) is 22.7. The number of hydrogen-bond donors (Lipinski definition) is 0. The summed E-state index contributed by atoms with van der Waals surface area (Å²) in [7, 11) is 0. The van der Waals surface area contributed by atoms with Crippen molar-refractivity contribution in [2.24, 2.45) is 0 Å². The fourth-order valence-electron chi connectivity index (χ4n) is 10.4. The molecule has 0 radical (unpaired) electrons. The Morgan fingerprint density at radius 1 is 0.606 bits per heavy atom. The van der Waals surface area contributed by atoms with Gasteiger partial charge in [-0.25, -0.2) is 15.0 Å². The Labute approximate surface area is 381 Å². The summed E-state index contributed by atoms with van der Waals surface area (Å²) in [5, 5.41) is 15.0. The van der Waals surface area contributed by atoms with Gasteiger partial charge in [-0.15, -0.1) is 0 Å². The van der Waals surface area contributed by atoms with Crippen molar-refractivity contribution >= 4 is 61.5 Å². The molecule has 6 aromatic carbocycles. The summed E-state index contributed by atoms with van der Waals surface area (Å²) in [6.07, 6.45) is 24.7. The van der Waals surface area contributed by atoms with Crippen molar-refractivity contribution in [2.45, 2.75) is 38.0 Å². The number of anilines is 3. The first-order valence-electron chi connectivity index (χ1n) is 22.7. The molecule has 0 bridgehead atoms. The number of aryl methyl sites for hydroxylation is 1. The maximum Gasteiger partial charge on any atom is 0.165 e. The molecule has 0 saturated carbocycles. The summed E-state index contributed by atoms with van der Waals surface area (Å²) in [5.74, 6) is 3.12. The second-order valence-corrected chi connectivity index (χ2v) is 17.2. The smallest absolute Gasteiger partial charge is 0.165 e. The molecule has 0 saturated heterocycles. The number of allylic oxidation sites excluding steroid dienone is 9. The largest absolute Gasteiger partial charge is 0.453 e. The van der Waals surface area contributed by atoms with E-state index in [4.69, 9.17) is 19.7 Å². The van der Waals surface area contributed by atoms with E-state index in [-0.39, 0.29) is 5.92 Å². The predicted octanol–water partition coefficient (Wildman–Crippen LogP) is 14.5. The quantitative estimate of drug-likeness (QED) is 0.166. The van der Waals surface area contributed by atoms with Gasteiger partial charge in [-0.2, -0.15) is 5.26 Å². The zero-order chi connectivity index (χ0) is 43.7. The number of hydrogen-bond acceptors (Lipinski definition) is 6. The third-order valence-corrected chi connectivity index (χ3v) is 13.4. The molecule has 8 nitrogen and oxygen atoms in total. The van der Waals surface area contributed by atoms with Gasteiger partial charge in [-0.3, -0.25) is 0 Å². The Morgan fingerprint density at radius 2 is 1.35 bits per heavy atom. The Balaban J connectivity index is 1.17. The first kappa shape index (κ1) is 38.0. The van der Waals surface area contributed by atoms with Crippen molar-refractivity contribution in [3.05, 3.63) is 199 Å². The standard InChI is InChI=1S/C58H41N7O/c59-36-39-34-45(58-61-56(37-18-4-1-5-19-37)60-57(62-58)38-20-6-2-7-21-38)51(64-48-28-14-16-30-52(48)66-53-31-17-15-29-49(53)64)35-50(39)65-47-27-13-11-25-42(47)44-33-32-43-41-24-10-12-26-46(41)63(54(43)55(44)65)40-22-8-3-9-23-40/h1-2,4-8,11-20,22-23,25-35,38H,3,9-10,21,24H2. The van der Waals surface area contributed by atoms with Crippen LogP contribution in [0.1, 0.15) is 54.2 Å². The molecule has 66 heavy (non-hydrogen) atoms. The number of para-hydroxylation sites is 5. The zero-order valence-electron chi connectivity index (χ0n) is 36.0. The van der Waals surface area contributed by atoms with E-state index in [1.165, 1.54) is 22.3 Å². The lowest BCUT2D eigenvalue weighted by Gasteiger charge is -2.34. The van der Waals surface area contributed by atoms with Crippen LogP contribution in [0.15, 0.2) is 176 Å². The van der Waals surface area contributed by atoms with E-state index >= 15 is 0 Å². The van der Waals surface area contributed by atoms with Crippen LogP contribution in [0.2, 0.25) is 0 Å². The van der Waals surface area contributed by atoms with Crippen LogP contribution in [0.4, 0.5) is 17.1 Å². The lowest BCUT2D eigenvalue weighted by molar-refractivity contribution is 0.477. The molecule has 3 aliphatic carbocycles. The molecule has 0 spiro atoms. The van der Waals surface area contributed by atoms with Crippen LogP contribution in [0.3, 0.4) is 0 Å². The van der Waals surface area contributed by atoms with Crippen molar-refractivity contribution in [3.8, 4) is 46.0 Å². The minimum atomic E-state index is -0.0479. The van der Waals surface area contributed by atoms with Crippen molar-refractivity contribution in [1.82, 2.24) is 24.1 Å². The molecule has 8 heteroatoms. The molecule has 9 aromatic rings. The summed E-state index contributed by atoms with van der Waals surface area (Å²) in [4.78, 5) is 18.0. The summed E-state index contributed by atoms with van der Waals surface area (Å²) < 4.78 is 11.4. The zero-order valence-corrected chi connectivity index (χ0v) is 36.0. The monoisotopic (exact) mass is 851 g/mol. The second-order valence-electron chi connectivity index (χ2n) is 17.2. The Bertz CT molecular complexity index is 3640. The number of rotatable bonds is 6. The number of aromatic nitrogens is 5. The molecule has 0 fully saturated rings. The molecule has 314 valence electrons. The molecular formula is C58H41N7O. The summed E-state index contributed by atoms with van der Waals surface area (Å²) in [5.41, 5.74) is 12.3. The molecule has 3 aromatic heterocycles. The van der Waals surface area contributed by atoms with E-state index in [2.05, 4.69) is 129 Å². The van der Waals surface area contributed by atoms with Gasteiger partial charge in [-0.05, 0) is 92.3 Å². The van der Waals surface area contributed by atoms with Gasteiger partial charge in [-0.1, -0.05) is 127 Å². The minimum Gasteiger partial charge on any atom is -0.453 e. The first-order chi connectivity index (χ1) is 32.7. The van der Waals surface area contributed by atoms with E-state index in [0.717, 1.165) is 99.2 Å². The summed E-state index contributed by atoms with van der Waals surface area (Å²) >= 11 is 0.